The highest BCUT2D eigenvalue weighted by molar-refractivity contribution is 5.58. The lowest BCUT2D eigenvalue weighted by molar-refractivity contribution is 0.444. The van der Waals surface area contributed by atoms with E-state index in [-0.39, 0.29) is 0 Å². The Morgan fingerprint density at radius 1 is 1.21 bits per heavy atom. The van der Waals surface area contributed by atoms with Crippen LogP contribution in [0.5, 0.6) is 0 Å². The SMILES string of the molecule is CCCNc1nc(C(C)C)nc(NC2CCC2)c1C. The molecule has 1 fully saturated rings. The van der Waals surface area contributed by atoms with Crippen molar-refractivity contribution in [3.63, 3.8) is 0 Å². The van der Waals surface area contributed by atoms with Crippen molar-refractivity contribution in [1.82, 2.24) is 9.97 Å². The van der Waals surface area contributed by atoms with Gasteiger partial charge in [0.15, 0.2) is 0 Å². The average molecular weight is 262 g/mol. The zero-order valence-corrected chi connectivity index (χ0v) is 12.6. The summed E-state index contributed by atoms with van der Waals surface area (Å²) in [5, 5.41) is 6.98. The molecule has 1 aliphatic rings. The van der Waals surface area contributed by atoms with Crippen LogP contribution in [-0.2, 0) is 0 Å². The quantitative estimate of drug-likeness (QED) is 0.821. The van der Waals surface area contributed by atoms with Gasteiger partial charge in [0.1, 0.15) is 17.5 Å². The highest BCUT2D eigenvalue weighted by atomic mass is 15.1. The van der Waals surface area contributed by atoms with Crippen LogP contribution in [0.25, 0.3) is 0 Å². The summed E-state index contributed by atoms with van der Waals surface area (Å²) < 4.78 is 0. The van der Waals surface area contributed by atoms with Crippen LogP contribution in [0.4, 0.5) is 11.6 Å². The molecular weight excluding hydrogens is 236 g/mol. The number of nitrogens with one attached hydrogen (secondary N) is 2. The number of hydrogen-bond donors (Lipinski definition) is 2. The summed E-state index contributed by atoms with van der Waals surface area (Å²) in [5.41, 5.74) is 1.14. The summed E-state index contributed by atoms with van der Waals surface area (Å²) in [6.07, 6.45) is 4.96. The van der Waals surface area contributed by atoms with E-state index in [0.29, 0.717) is 12.0 Å². The van der Waals surface area contributed by atoms with E-state index >= 15 is 0 Å². The molecule has 0 radical (unpaired) electrons. The van der Waals surface area contributed by atoms with Crippen LogP contribution >= 0.6 is 0 Å². The molecule has 0 amide bonds. The lowest BCUT2D eigenvalue weighted by Crippen LogP contribution is -2.28. The van der Waals surface area contributed by atoms with E-state index in [2.05, 4.69) is 43.3 Å². The highest BCUT2D eigenvalue weighted by Crippen LogP contribution is 2.28. The maximum Gasteiger partial charge on any atom is 0.135 e. The van der Waals surface area contributed by atoms with Crippen LogP contribution in [0.3, 0.4) is 0 Å². The number of nitrogens with zero attached hydrogens (tertiary/aromatic N) is 2. The summed E-state index contributed by atoms with van der Waals surface area (Å²) in [6.45, 7) is 9.50. The Morgan fingerprint density at radius 3 is 2.42 bits per heavy atom. The van der Waals surface area contributed by atoms with E-state index in [4.69, 9.17) is 4.98 Å². The van der Waals surface area contributed by atoms with E-state index in [1.807, 2.05) is 0 Å². The Bertz CT molecular complexity index is 424. The molecule has 2 N–H and O–H groups in total. The van der Waals surface area contributed by atoms with Crippen LogP contribution < -0.4 is 10.6 Å². The molecule has 2 rings (SSSR count). The smallest absolute Gasteiger partial charge is 0.135 e. The Kier molecular flexibility index (Phi) is 4.61. The van der Waals surface area contributed by atoms with Crippen LogP contribution in [0.2, 0.25) is 0 Å². The molecule has 1 aromatic heterocycles. The molecule has 19 heavy (non-hydrogen) atoms. The van der Waals surface area contributed by atoms with E-state index < -0.39 is 0 Å². The molecule has 106 valence electrons. The summed E-state index contributed by atoms with van der Waals surface area (Å²) in [4.78, 5) is 9.36. The van der Waals surface area contributed by atoms with Crippen molar-refractivity contribution in [3.8, 4) is 0 Å². The van der Waals surface area contributed by atoms with Gasteiger partial charge in [-0.15, -0.1) is 0 Å². The Labute approximate surface area is 116 Å². The molecule has 0 bridgehead atoms. The molecule has 4 nitrogen and oxygen atoms in total. The number of hydrogen-bond acceptors (Lipinski definition) is 4. The standard InChI is InChI=1S/C15H26N4/c1-5-9-16-14-11(4)15(17-12-7-6-8-12)19-13(18-14)10(2)3/h10,12H,5-9H2,1-4H3,(H2,16,17,18,19). The topological polar surface area (TPSA) is 49.8 Å². The van der Waals surface area contributed by atoms with Gasteiger partial charge in [0, 0.05) is 24.1 Å². The Hall–Kier alpha value is -1.32. The van der Waals surface area contributed by atoms with Crippen LogP contribution in [0.1, 0.15) is 63.8 Å². The molecule has 0 atom stereocenters. The molecule has 0 aliphatic heterocycles. The van der Waals surface area contributed by atoms with Crippen molar-refractivity contribution in [1.29, 1.82) is 0 Å². The largest absolute Gasteiger partial charge is 0.370 e. The highest BCUT2D eigenvalue weighted by Gasteiger charge is 2.20. The molecule has 1 saturated carbocycles. The first-order valence-corrected chi connectivity index (χ1v) is 7.50. The predicted octanol–water partition coefficient (Wildman–Crippen LogP) is 3.69. The first kappa shape index (κ1) is 14.1. The van der Waals surface area contributed by atoms with Gasteiger partial charge in [0.05, 0.1) is 0 Å². The summed E-state index contributed by atoms with van der Waals surface area (Å²) in [6, 6.07) is 0.604. The average Bonchev–Trinajstić information content (AvgIpc) is 2.33. The number of aromatic nitrogens is 2. The maximum atomic E-state index is 4.70. The van der Waals surface area contributed by atoms with Gasteiger partial charge in [0.2, 0.25) is 0 Å². The van der Waals surface area contributed by atoms with E-state index in [0.717, 1.165) is 36.0 Å². The monoisotopic (exact) mass is 262 g/mol. The molecule has 0 spiro atoms. The van der Waals surface area contributed by atoms with Crippen molar-refractivity contribution in [2.24, 2.45) is 0 Å². The lowest BCUT2D eigenvalue weighted by Gasteiger charge is -2.28. The molecule has 1 heterocycles. The fraction of sp³-hybridized carbons (Fsp3) is 0.733. The summed E-state index contributed by atoms with van der Waals surface area (Å²) in [5.74, 6) is 3.28. The van der Waals surface area contributed by atoms with E-state index in [1.165, 1.54) is 19.3 Å². The first-order chi connectivity index (χ1) is 9.11. The van der Waals surface area contributed by atoms with Gasteiger partial charge in [-0.3, -0.25) is 0 Å². The molecular formula is C15H26N4. The molecule has 0 unspecified atom stereocenters. The van der Waals surface area contributed by atoms with Crippen molar-refractivity contribution < 1.29 is 0 Å². The molecule has 1 aliphatic carbocycles. The molecule has 0 aromatic carbocycles. The van der Waals surface area contributed by atoms with Crippen molar-refractivity contribution in [2.45, 2.75) is 65.3 Å². The third-order valence-corrected chi connectivity index (χ3v) is 3.67. The van der Waals surface area contributed by atoms with Crippen molar-refractivity contribution >= 4 is 11.6 Å². The molecule has 4 heteroatoms. The Morgan fingerprint density at radius 2 is 1.89 bits per heavy atom. The van der Waals surface area contributed by atoms with Gasteiger partial charge < -0.3 is 10.6 Å². The fourth-order valence-corrected chi connectivity index (χ4v) is 2.09. The van der Waals surface area contributed by atoms with Gasteiger partial charge in [-0.2, -0.15) is 0 Å². The second-order valence-corrected chi connectivity index (χ2v) is 5.76. The van der Waals surface area contributed by atoms with E-state index in [1.54, 1.807) is 0 Å². The third-order valence-electron chi connectivity index (χ3n) is 3.67. The van der Waals surface area contributed by atoms with Crippen LogP contribution in [0.15, 0.2) is 0 Å². The van der Waals surface area contributed by atoms with Gasteiger partial charge in [-0.1, -0.05) is 20.8 Å². The van der Waals surface area contributed by atoms with Gasteiger partial charge in [0.25, 0.3) is 0 Å². The number of rotatable bonds is 6. The first-order valence-electron chi connectivity index (χ1n) is 7.50. The second-order valence-electron chi connectivity index (χ2n) is 5.76. The van der Waals surface area contributed by atoms with Crippen molar-refractivity contribution in [3.05, 3.63) is 11.4 Å². The maximum absolute atomic E-state index is 4.70. The van der Waals surface area contributed by atoms with Crippen molar-refractivity contribution in [2.75, 3.05) is 17.2 Å². The molecule has 0 saturated heterocycles. The summed E-state index contributed by atoms with van der Waals surface area (Å²) >= 11 is 0. The van der Waals surface area contributed by atoms with Gasteiger partial charge >= 0.3 is 0 Å². The Balaban J connectivity index is 2.24. The minimum absolute atomic E-state index is 0.352. The third kappa shape index (κ3) is 3.37. The van der Waals surface area contributed by atoms with Crippen LogP contribution in [0, 0.1) is 6.92 Å². The van der Waals surface area contributed by atoms with Gasteiger partial charge in [-0.25, -0.2) is 9.97 Å². The summed E-state index contributed by atoms with van der Waals surface area (Å²) in [7, 11) is 0. The minimum Gasteiger partial charge on any atom is -0.370 e. The van der Waals surface area contributed by atoms with Crippen LogP contribution in [-0.4, -0.2) is 22.6 Å². The van der Waals surface area contributed by atoms with E-state index in [9.17, 15) is 0 Å². The zero-order valence-electron chi connectivity index (χ0n) is 12.6. The number of anilines is 2. The zero-order chi connectivity index (χ0) is 13.8. The normalized spacial score (nSPS) is 15.4. The van der Waals surface area contributed by atoms with Gasteiger partial charge in [-0.05, 0) is 32.6 Å². The second kappa shape index (κ2) is 6.22. The molecule has 1 aromatic rings. The lowest BCUT2D eigenvalue weighted by atomic mass is 9.93. The fourth-order valence-electron chi connectivity index (χ4n) is 2.09. The predicted molar refractivity (Wildman–Crippen MR) is 80.9 cm³/mol. The minimum atomic E-state index is 0.352.